The van der Waals surface area contributed by atoms with E-state index in [0.29, 0.717) is 6.10 Å². The van der Waals surface area contributed by atoms with Crippen molar-refractivity contribution >= 4 is 22.6 Å². The standard InChI is InChI=1S/C10H17IO/c1-8(2)5-4-6-10(3)9(7-11)12-10/h5,9H,4,6-7H2,1-3H3/t9-,10-/m1/s1. The van der Waals surface area contributed by atoms with Crippen LogP contribution in [-0.4, -0.2) is 16.1 Å². The van der Waals surface area contributed by atoms with Crippen molar-refractivity contribution in [2.75, 3.05) is 4.43 Å². The van der Waals surface area contributed by atoms with E-state index in [-0.39, 0.29) is 5.60 Å². The van der Waals surface area contributed by atoms with Gasteiger partial charge in [0.25, 0.3) is 0 Å². The lowest BCUT2D eigenvalue weighted by Crippen LogP contribution is -2.09. The molecule has 1 fully saturated rings. The molecule has 1 heterocycles. The molecule has 2 heteroatoms. The Labute approximate surface area is 88.7 Å². The minimum absolute atomic E-state index is 0.202. The van der Waals surface area contributed by atoms with Gasteiger partial charge in [-0.05, 0) is 33.6 Å². The number of rotatable bonds is 4. The van der Waals surface area contributed by atoms with Crippen LogP contribution in [0.3, 0.4) is 0 Å². The van der Waals surface area contributed by atoms with Gasteiger partial charge in [0.05, 0.1) is 11.7 Å². The number of hydrogen-bond acceptors (Lipinski definition) is 1. The van der Waals surface area contributed by atoms with Crippen molar-refractivity contribution in [2.45, 2.75) is 45.3 Å². The van der Waals surface area contributed by atoms with Crippen LogP contribution in [0.2, 0.25) is 0 Å². The molecule has 0 radical (unpaired) electrons. The summed E-state index contributed by atoms with van der Waals surface area (Å²) >= 11 is 2.39. The number of allylic oxidation sites excluding steroid dienone is 2. The largest absolute Gasteiger partial charge is 0.366 e. The number of ether oxygens (including phenoxy) is 1. The Bertz CT molecular complexity index is 184. The van der Waals surface area contributed by atoms with Crippen LogP contribution in [0.5, 0.6) is 0 Å². The average molecular weight is 280 g/mol. The van der Waals surface area contributed by atoms with Crippen LogP contribution in [0.4, 0.5) is 0 Å². The summed E-state index contributed by atoms with van der Waals surface area (Å²) in [5, 5.41) is 0. The van der Waals surface area contributed by atoms with Crippen molar-refractivity contribution in [3.05, 3.63) is 11.6 Å². The lowest BCUT2D eigenvalue weighted by molar-refractivity contribution is 0.301. The van der Waals surface area contributed by atoms with Crippen molar-refractivity contribution in [3.63, 3.8) is 0 Å². The van der Waals surface area contributed by atoms with Gasteiger partial charge in [-0.25, -0.2) is 0 Å². The molecule has 1 aliphatic rings. The Kier molecular flexibility index (Phi) is 3.58. The number of hydrogen-bond donors (Lipinski definition) is 0. The summed E-state index contributed by atoms with van der Waals surface area (Å²) in [6.07, 6.45) is 5.14. The Morgan fingerprint density at radius 1 is 1.58 bits per heavy atom. The summed E-state index contributed by atoms with van der Waals surface area (Å²) in [7, 11) is 0. The first kappa shape index (κ1) is 10.5. The maximum absolute atomic E-state index is 5.60. The zero-order chi connectivity index (χ0) is 9.19. The van der Waals surface area contributed by atoms with Crippen LogP contribution in [0, 0.1) is 0 Å². The van der Waals surface area contributed by atoms with Crippen LogP contribution in [-0.2, 0) is 4.74 Å². The first-order chi connectivity index (χ1) is 5.58. The highest BCUT2D eigenvalue weighted by Crippen LogP contribution is 2.41. The van der Waals surface area contributed by atoms with Crippen molar-refractivity contribution in [1.29, 1.82) is 0 Å². The maximum Gasteiger partial charge on any atom is 0.0960 e. The van der Waals surface area contributed by atoms with Crippen LogP contribution in [0.25, 0.3) is 0 Å². The summed E-state index contributed by atoms with van der Waals surface area (Å²) in [4.78, 5) is 0. The molecule has 1 saturated heterocycles. The molecule has 1 nitrogen and oxygen atoms in total. The van der Waals surface area contributed by atoms with Crippen LogP contribution >= 0.6 is 22.6 Å². The molecule has 0 N–H and O–H groups in total. The number of epoxide rings is 1. The molecule has 1 rings (SSSR count). The monoisotopic (exact) mass is 280 g/mol. The predicted octanol–water partition coefficient (Wildman–Crippen LogP) is 3.33. The van der Waals surface area contributed by atoms with E-state index in [1.54, 1.807) is 0 Å². The smallest absolute Gasteiger partial charge is 0.0960 e. The van der Waals surface area contributed by atoms with Gasteiger partial charge in [0.1, 0.15) is 0 Å². The quantitative estimate of drug-likeness (QED) is 0.333. The van der Waals surface area contributed by atoms with Gasteiger partial charge in [0, 0.05) is 4.43 Å². The normalized spacial score (nSPS) is 33.2. The number of halogens is 1. The summed E-state index contributed by atoms with van der Waals surface area (Å²) in [5.41, 5.74) is 1.61. The van der Waals surface area contributed by atoms with Crippen molar-refractivity contribution in [2.24, 2.45) is 0 Å². The maximum atomic E-state index is 5.60. The fourth-order valence-corrected chi connectivity index (χ4v) is 2.46. The molecule has 12 heavy (non-hydrogen) atoms. The van der Waals surface area contributed by atoms with E-state index in [9.17, 15) is 0 Å². The Hall–Kier alpha value is 0.430. The molecule has 1 aliphatic heterocycles. The minimum atomic E-state index is 0.202. The minimum Gasteiger partial charge on any atom is -0.366 e. The third kappa shape index (κ3) is 2.73. The van der Waals surface area contributed by atoms with E-state index in [0.717, 1.165) is 10.8 Å². The highest BCUT2D eigenvalue weighted by Gasteiger charge is 2.50. The SMILES string of the molecule is CC(C)=CCC[C@@]1(C)O[C@@H]1CI. The summed E-state index contributed by atoms with van der Waals surface area (Å²) in [6.45, 7) is 6.51. The number of alkyl halides is 1. The summed E-state index contributed by atoms with van der Waals surface area (Å²) < 4.78 is 6.73. The average Bonchev–Trinajstić information content (AvgIpc) is 2.61. The van der Waals surface area contributed by atoms with Gasteiger partial charge in [-0.2, -0.15) is 0 Å². The second kappa shape index (κ2) is 4.09. The van der Waals surface area contributed by atoms with Gasteiger partial charge >= 0.3 is 0 Å². The molecule has 0 aromatic rings. The molecule has 0 aromatic heterocycles. The predicted molar refractivity (Wildman–Crippen MR) is 60.8 cm³/mol. The van der Waals surface area contributed by atoms with E-state index >= 15 is 0 Å². The topological polar surface area (TPSA) is 12.5 Å². The van der Waals surface area contributed by atoms with Gasteiger partial charge < -0.3 is 4.74 Å². The molecule has 70 valence electrons. The second-order valence-electron chi connectivity index (χ2n) is 3.89. The third-order valence-corrected chi connectivity index (χ3v) is 3.17. The van der Waals surface area contributed by atoms with Gasteiger partial charge in [-0.3, -0.25) is 0 Å². The Morgan fingerprint density at radius 2 is 2.25 bits per heavy atom. The Balaban J connectivity index is 2.21. The molecule has 0 bridgehead atoms. The van der Waals surface area contributed by atoms with E-state index in [1.165, 1.54) is 12.0 Å². The molecule has 0 amide bonds. The van der Waals surface area contributed by atoms with Crippen LogP contribution in [0.15, 0.2) is 11.6 Å². The van der Waals surface area contributed by atoms with E-state index in [1.807, 2.05) is 0 Å². The third-order valence-electron chi connectivity index (χ3n) is 2.37. The van der Waals surface area contributed by atoms with Crippen LogP contribution in [0.1, 0.15) is 33.6 Å². The van der Waals surface area contributed by atoms with Gasteiger partial charge in [-0.15, -0.1) is 0 Å². The van der Waals surface area contributed by atoms with E-state index in [4.69, 9.17) is 4.74 Å². The molecule has 0 unspecified atom stereocenters. The highest BCUT2D eigenvalue weighted by atomic mass is 127. The zero-order valence-corrected chi connectivity index (χ0v) is 10.2. The van der Waals surface area contributed by atoms with Crippen molar-refractivity contribution in [3.8, 4) is 0 Å². The highest BCUT2D eigenvalue weighted by molar-refractivity contribution is 14.1. The molecule has 0 aliphatic carbocycles. The first-order valence-corrected chi connectivity index (χ1v) is 5.98. The van der Waals surface area contributed by atoms with Gasteiger partial charge in [0.15, 0.2) is 0 Å². The lowest BCUT2D eigenvalue weighted by atomic mass is 10.0. The zero-order valence-electron chi connectivity index (χ0n) is 8.06. The molecule has 2 atom stereocenters. The van der Waals surface area contributed by atoms with Crippen LogP contribution < -0.4 is 0 Å². The fourth-order valence-electron chi connectivity index (χ4n) is 1.35. The summed E-state index contributed by atoms with van der Waals surface area (Å²) in [6, 6.07) is 0. The van der Waals surface area contributed by atoms with Crippen molar-refractivity contribution < 1.29 is 4.74 Å². The van der Waals surface area contributed by atoms with Gasteiger partial charge in [0.2, 0.25) is 0 Å². The summed E-state index contributed by atoms with van der Waals surface area (Å²) in [5.74, 6) is 0. The molecular weight excluding hydrogens is 263 g/mol. The first-order valence-electron chi connectivity index (χ1n) is 4.45. The lowest BCUT2D eigenvalue weighted by Gasteiger charge is -2.02. The molecule has 0 saturated carbocycles. The van der Waals surface area contributed by atoms with Gasteiger partial charge in [-0.1, -0.05) is 34.2 Å². The molecular formula is C10H17IO. The van der Waals surface area contributed by atoms with E-state index < -0.39 is 0 Å². The van der Waals surface area contributed by atoms with E-state index in [2.05, 4.69) is 49.4 Å². The fraction of sp³-hybridized carbons (Fsp3) is 0.800. The Morgan fingerprint density at radius 3 is 2.67 bits per heavy atom. The second-order valence-corrected chi connectivity index (χ2v) is 4.77. The van der Waals surface area contributed by atoms with Crippen molar-refractivity contribution in [1.82, 2.24) is 0 Å². The molecule has 0 spiro atoms. The molecule has 0 aromatic carbocycles.